The van der Waals surface area contributed by atoms with E-state index in [1.165, 1.54) is 5.56 Å². The topological polar surface area (TPSA) is 34.9 Å². The van der Waals surface area contributed by atoms with Crippen molar-refractivity contribution in [3.63, 3.8) is 0 Å². The summed E-state index contributed by atoms with van der Waals surface area (Å²) >= 11 is 0. The Morgan fingerprint density at radius 2 is 2.00 bits per heavy atom. The molecule has 3 nitrogen and oxygen atoms in total. The Balaban J connectivity index is 2.36. The highest BCUT2D eigenvalue weighted by Gasteiger charge is 2.49. The Bertz CT molecular complexity index is 463. The molecule has 94 valence electrons. The number of rotatable bonds is 1. The Labute approximate surface area is 103 Å². The van der Waals surface area contributed by atoms with Crippen LogP contribution in [-0.4, -0.2) is 15.6 Å². The smallest absolute Gasteiger partial charge is 0.139 e. The second-order valence-electron chi connectivity index (χ2n) is 6.69. The Kier molecular flexibility index (Phi) is 2.49. The molecule has 2 rings (SSSR count). The monoisotopic (exact) mass is 234 g/mol. The van der Waals surface area contributed by atoms with Crippen LogP contribution < -0.4 is 0 Å². The molecule has 1 atom stereocenters. The van der Waals surface area contributed by atoms with E-state index in [2.05, 4.69) is 32.1 Å². The highest BCUT2D eigenvalue weighted by Crippen LogP contribution is 2.50. The minimum Gasteiger partial charge on any atom is -0.299 e. The van der Waals surface area contributed by atoms with Crippen LogP contribution in [0, 0.1) is 12.3 Å². The molecular formula is C14H22N2O. The average molecular weight is 234 g/mol. The highest BCUT2D eigenvalue weighted by atomic mass is 16.1. The van der Waals surface area contributed by atoms with Gasteiger partial charge in [0.05, 0.1) is 11.2 Å². The second-order valence-corrected chi connectivity index (χ2v) is 6.69. The molecule has 3 heteroatoms. The number of nitrogens with zero attached hydrogens (tertiary/aromatic N) is 2. The van der Waals surface area contributed by atoms with E-state index >= 15 is 0 Å². The molecule has 1 aliphatic rings. The van der Waals surface area contributed by atoms with Gasteiger partial charge in [-0.2, -0.15) is 5.10 Å². The molecule has 0 N–H and O–H groups in total. The summed E-state index contributed by atoms with van der Waals surface area (Å²) in [7, 11) is 0. The van der Waals surface area contributed by atoms with Crippen LogP contribution in [0.25, 0.3) is 0 Å². The van der Waals surface area contributed by atoms with Gasteiger partial charge in [-0.3, -0.25) is 9.48 Å². The summed E-state index contributed by atoms with van der Waals surface area (Å²) in [6.07, 6.45) is 2.79. The molecule has 1 unspecified atom stereocenters. The summed E-state index contributed by atoms with van der Waals surface area (Å²) in [5, 5.41) is 4.58. The predicted molar refractivity (Wildman–Crippen MR) is 68.1 cm³/mol. The second kappa shape index (κ2) is 3.44. The molecular weight excluding hydrogens is 212 g/mol. The van der Waals surface area contributed by atoms with Crippen molar-refractivity contribution in [1.29, 1.82) is 0 Å². The number of hydrogen-bond donors (Lipinski definition) is 0. The minimum absolute atomic E-state index is 0.000902. The van der Waals surface area contributed by atoms with Gasteiger partial charge in [0, 0.05) is 24.0 Å². The van der Waals surface area contributed by atoms with E-state index < -0.39 is 0 Å². The van der Waals surface area contributed by atoms with Gasteiger partial charge in [0.25, 0.3) is 0 Å². The lowest BCUT2D eigenvalue weighted by Gasteiger charge is -2.42. The lowest BCUT2D eigenvalue weighted by Crippen LogP contribution is -2.43. The van der Waals surface area contributed by atoms with Crippen molar-refractivity contribution in [3.8, 4) is 0 Å². The highest BCUT2D eigenvalue weighted by molar-refractivity contribution is 5.92. The van der Waals surface area contributed by atoms with Gasteiger partial charge in [-0.1, -0.05) is 13.8 Å². The van der Waals surface area contributed by atoms with Crippen LogP contribution in [0.5, 0.6) is 0 Å². The first-order valence-corrected chi connectivity index (χ1v) is 6.24. The van der Waals surface area contributed by atoms with Crippen molar-refractivity contribution in [2.24, 2.45) is 5.41 Å². The molecule has 0 aliphatic heterocycles. The third kappa shape index (κ3) is 1.81. The molecule has 0 spiro atoms. The fourth-order valence-electron chi connectivity index (χ4n) is 2.42. The lowest BCUT2D eigenvalue weighted by atomic mass is 9.59. The number of aryl methyl sites for hydroxylation is 1. The first kappa shape index (κ1) is 12.3. The van der Waals surface area contributed by atoms with E-state index in [0.717, 1.165) is 5.69 Å². The van der Waals surface area contributed by atoms with Gasteiger partial charge < -0.3 is 0 Å². The minimum atomic E-state index is -0.212. The molecule has 1 aromatic rings. The molecule has 1 aromatic heterocycles. The molecule has 0 bridgehead atoms. The predicted octanol–water partition coefficient (Wildman–Crippen LogP) is 3.03. The fourth-order valence-corrected chi connectivity index (χ4v) is 2.42. The Morgan fingerprint density at radius 1 is 1.41 bits per heavy atom. The number of aromatic nitrogens is 2. The summed E-state index contributed by atoms with van der Waals surface area (Å²) in [6.45, 7) is 12.5. The largest absolute Gasteiger partial charge is 0.299 e. The third-order valence-corrected chi connectivity index (χ3v) is 3.98. The number of Topliss-reactive ketones (excluding diaryl/α,β-unsaturated/α-hetero) is 1. The van der Waals surface area contributed by atoms with Gasteiger partial charge >= 0.3 is 0 Å². The SMILES string of the molecule is Cc1nn(C(C)(C)C)cc1C1CC(=O)C1(C)C. The van der Waals surface area contributed by atoms with Crippen LogP contribution in [0.3, 0.4) is 0 Å². The van der Waals surface area contributed by atoms with Gasteiger partial charge in [0.1, 0.15) is 5.78 Å². The van der Waals surface area contributed by atoms with Crippen LogP contribution in [0.15, 0.2) is 6.20 Å². The van der Waals surface area contributed by atoms with E-state index in [9.17, 15) is 4.79 Å². The van der Waals surface area contributed by atoms with Crippen molar-refractivity contribution in [2.75, 3.05) is 0 Å². The molecule has 1 saturated carbocycles. The summed E-state index contributed by atoms with van der Waals surface area (Å²) in [5.41, 5.74) is 2.09. The average Bonchev–Trinajstić information content (AvgIpc) is 2.56. The maximum atomic E-state index is 11.6. The molecule has 0 radical (unpaired) electrons. The van der Waals surface area contributed by atoms with Gasteiger partial charge in [0.2, 0.25) is 0 Å². The van der Waals surface area contributed by atoms with Gasteiger partial charge in [-0.05, 0) is 33.3 Å². The van der Waals surface area contributed by atoms with Crippen molar-refractivity contribution in [2.45, 2.75) is 59.4 Å². The van der Waals surface area contributed by atoms with Crippen LogP contribution >= 0.6 is 0 Å². The standard InChI is InChI=1S/C14H22N2O/c1-9-10(8-16(15-9)13(2,3)4)11-7-12(17)14(11,5)6/h8,11H,7H2,1-6H3. The van der Waals surface area contributed by atoms with Crippen LogP contribution in [0.1, 0.15) is 58.2 Å². The number of ketones is 1. The lowest BCUT2D eigenvalue weighted by molar-refractivity contribution is -0.137. The van der Waals surface area contributed by atoms with E-state index in [1.807, 2.05) is 25.5 Å². The zero-order valence-electron chi connectivity index (χ0n) is 11.7. The van der Waals surface area contributed by atoms with Crippen molar-refractivity contribution >= 4 is 5.78 Å². The molecule has 1 aliphatic carbocycles. The maximum absolute atomic E-state index is 11.6. The number of carbonyl (C=O) groups excluding carboxylic acids is 1. The number of hydrogen-bond acceptors (Lipinski definition) is 2. The molecule has 0 saturated heterocycles. The van der Waals surface area contributed by atoms with Crippen molar-refractivity contribution in [3.05, 3.63) is 17.5 Å². The van der Waals surface area contributed by atoms with E-state index in [4.69, 9.17) is 0 Å². The van der Waals surface area contributed by atoms with Gasteiger partial charge in [0.15, 0.2) is 0 Å². The third-order valence-electron chi connectivity index (χ3n) is 3.98. The Morgan fingerprint density at radius 3 is 2.35 bits per heavy atom. The number of carbonyl (C=O) groups is 1. The normalized spacial score (nSPS) is 23.6. The van der Waals surface area contributed by atoms with Crippen molar-refractivity contribution in [1.82, 2.24) is 9.78 Å². The summed E-state index contributed by atoms with van der Waals surface area (Å²) in [6, 6.07) is 0. The van der Waals surface area contributed by atoms with Gasteiger partial charge in [-0.15, -0.1) is 0 Å². The summed E-state index contributed by atoms with van der Waals surface area (Å²) < 4.78 is 2.01. The first-order valence-electron chi connectivity index (χ1n) is 6.24. The first-order chi connectivity index (χ1) is 7.64. The zero-order chi connectivity index (χ0) is 13.0. The van der Waals surface area contributed by atoms with E-state index in [0.29, 0.717) is 18.1 Å². The van der Waals surface area contributed by atoms with Crippen molar-refractivity contribution < 1.29 is 4.79 Å². The Hall–Kier alpha value is -1.12. The van der Waals surface area contributed by atoms with Crippen LogP contribution in [0.2, 0.25) is 0 Å². The molecule has 1 heterocycles. The maximum Gasteiger partial charge on any atom is 0.139 e. The van der Waals surface area contributed by atoms with Crippen LogP contribution in [-0.2, 0) is 10.3 Å². The van der Waals surface area contributed by atoms with Crippen LogP contribution in [0.4, 0.5) is 0 Å². The van der Waals surface area contributed by atoms with E-state index in [1.54, 1.807) is 0 Å². The quantitative estimate of drug-likeness (QED) is 0.748. The van der Waals surface area contributed by atoms with Gasteiger partial charge in [-0.25, -0.2) is 0 Å². The van der Waals surface area contributed by atoms with E-state index in [-0.39, 0.29) is 11.0 Å². The molecule has 17 heavy (non-hydrogen) atoms. The summed E-state index contributed by atoms with van der Waals surface area (Å²) in [5.74, 6) is 0.705. The molecule has 0 aromatic carbocycles. The molecule has 0 amide bonds. The molecule has 1 fully saturated rings. The summed E-state index contributed by atoms with van der Waals surface area (Å²) in [4.78, 5) is 11.6. The fraction of sp³-hybridized carbons (Fsp3) is 0.714. The zero-order valence-corrected chi connectivity index (χ0v) is 11.7.